The van der Waals surface area contributed by atoms with Crippen LogP contribution in [0.5, 0.6) is 0 Å². The molecule has 3 rings (SSSR count). The number of carbonyl (C=O) groups is 1. The number of piperazine rings is 1. The van der Waals surface area contributed by atoms with Gasteiger partial charge >= 0.3 is 0 Å². The van der Waals surface area contributed by atoms with E-state index in [0.717, 1.165) is 42.4 Å². The molecule has 2 heterocycles. The first kappa shape index (κ1) is 14.7. The lowest BCUT2D eigenvalue weighted by Gasteiger charge is -2.33. The Morgan fingerprint density at radius 1 is 1.41 bits per heavy atom. The smallest absolute Gasteiger partial charge is 0.240 e. The molecule has 116 valence electrons. The van der Waals surface area contributed by atoms with Gasteiger partial charge in [-0.1, -0.05) is 19.4 Å². The van der Waals surface area contributed by atoms with Crippen LogP contribution in [0.1, 0.15) is 25.3 Å². The maximum absolute atomic E-state index is 12.5. The summed E-state index contributed by atoms with van der Waals surface area (Å²) >= 11 is 0. The quantitative estimate of drug-likeness (QED) is 0.889. The second-order valence-electron chi connectivity index (χ2n) is 5.67. The molecule has 2 aromatic rings. The molecule has 1 aliphatic heterocycles. The number of nitrogens with zero attached hydrogens (tertiary/aromatic N) is 3. The van der Waals surface area contributed by atoms with E-state index in [0.29, 0.717) is 12.4 Å². The molecule has 3 N–H and O–H groups in total. The molecule has 22 heavy (non-hydrogen) atoms. The highest BCUT2D eigenvalue weighted by Crippen LogP contribution is 2.19. The Kier molecular flexibility index (Phi) is 4.20. The molecule has 1 saturated heterocycles. The van der Waals surface area contributed by atoms with E-state index in [1.165, 1.54) is 6.33 Å². The Hall–Kier alpha value is -2.21. The van der Waals surface area contributed by atoms with Gasteiger partial charge in [0.15, 0.2) is 0 Å². The summed E-state index contributed by atoms with van der Waals surface area (Å²) in [7, 11) is 0. The van der Waals surface area contributed by atoms with Crippen LogP contribution in [0, 0.1) is 0 Å². The van der Waals surface area contributed by atoms with Crippen LogP contribution in [0.4, 0.5) is 5.82 Å². The normalized spacial score (nSPS) is 18.9. The van der Waals surface area contributed by atoms with Crippen molar-refractivity contribution in [2.75, 3.05) is 18.8 Å². The van der Waals surface area contributed by atoms with Crippen LogP contribution < -0.4 is 11.1 Å². The second-order valence-corrected chi connectivity index (χ2v) is 5.67. The minimum Gasteiger partial charge on any atom is -0.383 e. The number of anilines is 1. The van der Waals surface area contributed by atoms with Crippen LogP contribution in [0.25, 0.3) is 10.9 Å². The highest BCUT2D eigenvalue weighted by atomic mass is 16.2. The molecule has 0 saturated carbocycles. The molecule has 0 spiro atoms. The van der Waals surface area contributed by atoms with Gasteiger partial charge in [-0.3, -0.25) is 4.79 Å². The summed E-state index contributed by atoms with van der Waals surface area (Å²) in [5.74, 6) is 0.674. The van der Waals surface area contributed by atoms with Crippen molar-refractivity contribution in [1.82, 2.24) is 20.2 Å². The largest absolute Gasteiger partial charge is 0.383 e. The Balaban J connectivity index is 1.79. The summed E-state index contributed by atoms with van der Waals surface area (Å²) in [6, 6.07) is 5.86. The monoisotopic (exact) mass is 299 g/mol. The van der Waals surface area contributed by atoms with Crippen LogP contribution >= 0.6 is 0 Å². The number of fused-ring (bicyclic) bond motifs is 1. The lowest BCUT2D eigenvalue weighted by atomic mass is 10.1. The average molecular weight is 299 g/mol. The van der Waals surface area contributed by atoms with Gasteiger partial charge in [0.25, 0.3) is 0 Å². The SMILES string of the molecule is CCCC1NCCN(Cc2ccc3c(N)ncnc3c2)C1=O. The summed E-state index contributed by atoms with van der Waals surface area (Å²) in [4.78, 5) is 22.6. The lowest BCUT2D eigenvalue weighted by Crippen LogP contribution is -2.54. The topological polar surface area (TPSA) is 84.1 Å². The standard InChI is InChI=1S/C16H21N5O/c1-2-3-13-16(22)21(7-6-18-13)9-11-4-5-12-14(8-11)19-10-20-15(12)17/h4-5,8,10,13,18H,2-3,6-7,9H2,1H3,(H2,17,19,20). The zero-order chi connectivity index (χ0) is 15.5. The summed E-state index contributed by atoms with van der Waals surface area (Å²) in [6.45, 7) is 4.30. The van der Waals surface area contributed by atoms with Gasteiger partial charge in [0.05, 0.1) is 11.6 Å². The van der Waals surface area contributed by atoms with Crippen molar-refractivity contribution in [1.29, 1.82) is 0 Å². The molecule has 1 aliphatic rings. The second kappa shape index (κ2) is 6.27. The van der Waals surface area contributed by atoms with Crippen molar-refractivity contribution in [2.45, 2.75) is 32.4 Å². The van der Waals surface area contributed by atoms with Gasteiger partial charge < -0.3 is 16.0 Å². The molecular formula is C16H21N5O. The van der Waals surface area contributed by atoms with Gasteiger partial charge in [-0.2, -0.15) is 0 Å². The van der Waals surface area contributed by atoms with E-state index in [1.807, 2.05) is 23.1 Å². The fraction of sp³-hybridized carbons (Fsp3) is 0.438. The number of nitrogen functional groups attached to an aromatic ring is 1. The third-order valence-electron chi connectivity index (χ3n) is 4.06. The first-order valence-corrected chi connectivity index (χ1v) is 7.70. The first-order valence-electron chi connectivity index (χ1n) is 7.70. The van der Waals surface area contributed by atoms with Gasteiger partial charge in [-0.25, -0.2) is 9.97 Å². The van der Waals surface area contributed by atoms with E-state index in [9.17, 15) is 4.79 Å². The molecular weight excluding hydrogens is 278 g/mol. The summed E-state index contributed by atoms with van der Waals surface area (Å²) in [5.41, 5.74) is 7.72. The van der Waals surface area contributed by atoms with E-state index in [4.69, 9.17) is 5.73 Å². The van der Waals surface area contributed by atoms with Gasteiger partial charge in [-0.15, -0.1) is 0 Å². The molecule has 6 nitrogen and oxygen atoms in total. The van der Waals surface area contributed by atoms with Gasteiger partial charge in [-0.05, 0) is 24.1 Å². The van der Waals surface area contributed by atoms with Gasteiger partial charge in [0, 0.05) is 25.0 Å². The van der Waals surface area contributed by atoms with Crippen molar-refractivity contribution in [3.05, 3.63) is 30.1 Å². The highest BCUT2D eigenvalue weighted by Gasteiger charge is 2.27. The predicted octanol–water partition coefficient (Wildman–Crippen LogP) is 1.31. The minimum absolute atomic E-state index is 0.0443. The zero-order valence-corrected chi connectivity index (χ0v) is 12.7. The Morgan fingerprint density at radius 2 is 2.27 bits per heavy atom. The van der Waals surface area contributed by atoms with Crippen LogP contribution in [0.2, 0.25) is 0 Å². The van der Waals surface area contributed by atoms with Crippen molar-refractivity contribution < 1.29 is 4.79 Å². The fourth-order valence-corrected chi connectivity index (χ4v) is 2.90. The van der Waals surface area contributed by atoms with Crippen molar-refractivity contribution >= 4 is 22.6 Å². The molecule has 1 unspecified atom stereocenters. The number of nitrogens with two attached hydrogens (primary N) is 1. The number of carbonyl (C=O) groups excluding carboxylic acids is 1. The summed E-state index contributed by atoms with van der Waals surface area (Å²) < 4.78 is 0. The number of rotatable bonds is 4. The average Bonchev–Trinajstić information content (AvgIpc) is 2.52. The summed E-state index contributed by atoms with van der Waals surface area (Å²) in [5, 5.41) is 4.14. The van der Waals surface area contributed by atoms with Gasteiger partial charge in [0.1, 0.15) is 12.1 Å². The molecule has 0 bridgehead atoms. The Bertz CT molecular complexity index is 685. The number of amides is 1. The zero-order valence-electron chi connectivity index (χ0n) is 12.7. The van der Waals surface area contributed by atoms with Crippen LogP contribution in [-0.2, 0) is 11.3 Å². The Morgan fingerprint density at radius 3 is 3.09 bits per heavy atom. The van der Waals surface area contributed by atoms with E-state index < -0.39 is 0 Å². The van der Waals surface area contributed by atoms with Crippen molar-refractivity contribution in [3.8, 4) is 0 Å². The third kappa shape index (κ3) is 2.87. The van der Waals surface area contributed by atoms with Crippen LogP contribution in [0.15, 0.2) is 24.5 Å². The fourth-order valence-electron chi connectivity index (χ4n) is 2.90. The molecule has 1 amide bonds. The molecule has 0 aliphatic carbocycles. The molecule has 1 aromatic carbocycles. The highest BCUT2D eigenvalue weighted by molar-refractivity contribution is 5.88. The number of hydrogen-bond donors (Lipinski definition) is 2. The van der Waals surface area contributed by atoms with Crippen LogP contribution in [0.3, 0.4) is 0 Å². The molecule has 6 heteroatoms. The van der Waals surface area contributed by atoms with E-state index >= 15 is 0 Å². The number of aromatic nitrogens is 2. The number of hydrogen-bond acceptors (Lipinski definition) is 5. The van der Waals surface area contributed by atoms with Crippen LogP contribution in [-0.4, -0.2) is 39.9 Å². The maximum Gasteiger partial charge on any atom is 0.240 e. The first-order chi connectivity index (χ1) is 10.7. The number of benzene rings is 1. The predicted molar refractivity (Wildman–Crippen MR) is 86.1 cm³/mol. The van der Waals surface area contributed by atoms with E-state index in [1.54, 1.807) is 0 Å². The molecule has 1 fully saturated rings. The molecule has 1 atom stereocenters. The van der Waals surface area contributed by atoms with Crippen molar-refractivity contribution in [2.24, 2.45) is 0 Å². The Labute approximate surface area is 129 Å². The van der Waals surface area contributed by atoms with E-state index in [-0.39, 0.29) is 11.9 Å². The van der Waals surface area contributed by atoms with Crippen molar-refractivity contribution in [3.63, 3.8) is 0 Å². The number of nitrogens with one attached hydrogen (secondary N) is 1. The lowest BCUT2D eigenvalue weighted by molar-refractivity contribution is -0.136. The van der Waals surface area contributed by atoms with Gasteiger partial charge in [0.2, 0.25) is 5.91 Å². The minimum atomic E-state index is -0.0443. The molecule has 0 radical (unpaired) electrons. The maximum atomic E-state index is 12.5. The third-order valence-corrected chi connectivity index (χ3v) is 4.06. The molecule has 1 aromatic heterocycles. The van der Waals surface area contributed by atoms with E-state index in [2.05, 4.69) is 22.2 Å². The summed E-state index contributed by atoms with van der Waals surface area (Å²) in [6.07, 6.45) is 3.36.